The van der Waals surface area contributed by atoms with Gasteiger partial charge in [-0.05, 0) is 24.5 Å². The Hall–Kier alpha value is -0.240. The van der Waals surface area contributed by atoms with E-state index in [9.17, 15) is 0 Å². The van der Waals surface area contributed by atoms with Crippen LogP contribution in [0.15, 0.2) is 24.3 Å². The van der Waals surface area contributed by atoms with Crippen molar-refractivity contribution in [2.75, 3.05) is 0 Å². The Labute approximate surface area is 152 Å². The average Bonchev–Trinajstić information content (AvgIpc) is 2.53. The van der Waals surface area contributed by atoms with Crippen LogP contribution in [0.25, 0.3) is 0 Å². The summed E-state index contributed by atoms with van der Waals surface area (Å²) in [4.78, 5) is 0. The standard InChI is InChI=1S/C20H33Cl2N/c1-2-3-4-5-6-7-8-9-10-13-17(23)16-20(22)18-14-11-12-15-19(18)21/h11-12,14-15,17,20H,2-10,13,16,23H2,1H3. The molecule has 0 fully saturated rings. The summed E-state index contributed by atoms with van der Waals surface area (Å²) in [5.74, 6) is 0. The van der Waals surface area contributed by atoms with Crippen LogP contribution >= 0.6 is 23.2 Å². The van der Waals surface area contributed by atoms with Gasteiger partial charge in [-0.3, -0.25) is 0 Å². The highest BCUT2D eigenvalue weighted by molar-refractivity contribution is 6.32. The summed E-state index contributed by atoms with van der Waals surface area (Å²) in [5, 5.41) is 0.653. The first kappa shape index (κ1) is 20.8. The third kappa shape index (κ3) is 9.59. The summed E-state index contributed by atoms with van der Waals surface area (Å²) in [6.07, 6.45) is 14.0. The van der Waals surface area contributed by atoms with Gasteiger partial charge in [-0.15, -0.1) is 11.6 Å². The van der Waals surface area contributed by atoms with Crippen molar-refractivity contribution in [3.8, 4) is 0 Å². The predicted octanol–water partition coefficient (Wildman–Crippen LogP) is 7.26. The molecule has 0 bridgehead atoms. The van der Waals surface area contributed by atoms with Gasteiger partial charge in [-0.1, -0.05) is 94.5 Å². The molecule has 0 heterocycles. The monoisotopic (exact) mass is 357 g/mol. The molecule has 0 spiro atoms. The summed E-state index contributed by atoms with van der Waals surface area (Å²) in [6.45, 7) is 2.26. The normalized spacial score (nSPS) is 13.9. The molecule has 0 aromatic heterocycles. The lowest BCUT2D eigenvalue weighted by Gasteiger charge is -2.17. The molecule has 1 rings (SSSR count). The number of hydrogen-bond donors (Lipinski definition) is 1. The van der Waals surface area contributed by atoms with Crippen LogP contribution in [-0.4, -0.2) is 6.04 Å². The van der Waals surface area contributed by atoms with Gasteiger partial charge in [0, 0.05) is 11.1 Å². The summed E-state index contributed by atoms with van der Waals surface area (Å²) < 4.78 is 0. The van der Waals surface area contributed by atoms with Crippen LogP contribution in [0.5, 0.6) is 0 Å². The smallest absolute Gasteiger partial charge is 0.0614 e. The molecular weight excluding hydrogens is 325 g/mol. The van der Waals surface area contributed by atoms with Crippen molar-refractivity contribution >= 4 is 23.2 Å². The van der Waals surface area contributed by atoms with Crippen molar-refractivity contribution in [2.24, 2.45) is 5.73 Å². The molecule has 0 aliphatic rings. The number of benzene rings is 1. The van der Waals surface area contributed by atoms with Crippen LogP contribution in [0.4, 0.5) is 0 Å². The van der Waals surface area contributed by atoms with Crippen molar-refractivity contribution < 1.29 is 0 Å². The van der Waals surface area contributed by atoms with Crippen LogP contribution in [0.3, 0.4) is 0 Å². The second-order valence-corrected chi connectivity index (χ2v) is 7.54. The Bertz CT molecular complexity index is 408. The molecule has 2 N–H and O–H groups in total. The van der Waals surface area contributed by atoms with E-state index in [0.717, 1.165) is 23.4 Å². The molecule has 0 aliphatic carbocycles. The van der Waals surface area contributed by atoms with Crippen LogP contribution in [-0.2, 0) is 0 Å². The van der Waals surface area contributed by atoms with Crippen molar-refractivity contribution in [3.63, 3.8) is 0 Å². The van der Waals surface area contributed by atoms with Gasteiger partial charge in [0.05, 0.1) is 5.38 Å². The van der Waals surface area contributed by atoms with E-state index in [1.807, 2.05) is 24.3 Å². The van der Waals surface area contributed by atoms with Crippen molar-refractivity contribution in [1.82, 2.24) is 0 Å². The zero-order valence-electron chi connectivity index (χ0n) is 14.6. The van der Waals surface area contributed by atoms with Crippen LogP contribution in [0.1, 0.15) is 88.5 Å². The van der Waals surface area contributed by atoms with E-state index in [-0.39, 0.29) is 11.4 Å². The molecule has 1 aromatic carbocycles. The van der Waals surface area contributed by atoms with E-state index in [1.165, 1.54) is 57.8 Å². The molecule has 0 saturated heterocycles. The van der Waals surface area contributed by atoms with Crippen molar-refractivity contribution in [2.45, 2.75) is 89.0 Å². The first-order chi connectivity index (χ1) is 11.1. The Balaban J connectivity index is 2.06. The maximum atomic E-state index is 6.46. The fourth-order valence-electron chi connectivity index (χ4n) is 2.96. The molecule has 0 radical (unpaired) electrons. The van der Waals surface area contributed by atoms with Gasteiger partial charge in [0.15, 0.2) is 0 Å². The lowest BCUT2D eigenvalue weighted by Crippen LogP contribution is -2.21. The Morgan fingerprint density at radius 2 is 1.48 bits per heavy atom. The third-order valence-corrected chi connectivity index (χ3v) is 5.19. The fourth-order valence-corrected chi connectivity index (χ4v) is 3.70. The summed E-state index contributed by atoms with van der Waals surface area (Å²) in [6, 6.07) is 7.95. The molecule has 0 aliphatic heterocycles. The number of rotatable bonds is 13. The minimum Gasteiger partial charge on any atom is -0.328 e. The second kappa shape index (κ2) is 13.1. The zero-order valence-corrected chi connectivity index (χ0v) is 16.1. The molecule has 132 valence electrons. The highest BCUT2D eigenvalue weighted by Gasteiger charge is 2.15. The van der Waals surface area contributed by atoms with Crippen LogP contribution in [0, 0.1) is 0 Å². The van der Waals surface area contributed by atoms with Gasteiger partial charge in [0.1, 0.15) is 0 Å². The molecule has 0 amide bonds. The van der Waals surface area contributed by atoms with Gasteiger partial charge in [-0.2, -0.15) is 0 Å². The average molecular weight is 358 g/mol. The van der Waals surface area contributed by atoms with E-state index in [4.69, 9.17) is 28.9 Å². The minimum atomic E-state index is -0.0859. The Morgan fingerprint density at radius 1 is 0.913 bits per heavy atom. The first-order valence-electron chi connectivity index (χ1n) is 9.29. The minimum absolute atomic E-state index is 0.0859. The number of alkyl halides is 1. The van der Waals surface area contributed by atoms with Gasteiger partial charge >= 0.3 is 0 Å². The zero-order chi connectivity index (χ0) is 16.9. The SMILES string of the molecule is CCCCCCCCCCCC(N)CC(Cl)c1ccccc1Cl. The topological polar surface area (TPSA) is 26.0 Å². The fraction of sp³-hybridized carbons (Fsp3) is 0.700. The van der Waals surface area contributed by atoms with Crippen molar-refractivity contribution in [1.29, 1.82) is 0 Å². The quantitative estimate of drug-likeness (QED) is 0.291. The summed E-state index contributed by atoms with van der Waals surface area (Å²) in [5.41, 5.74) is 7.23. The van der Waals surface area contributed by atoms with Crippen LogP contribution in [0.2, 0.25) is 5.02 Å². The lowest BCUT2D eigenvalue weighted by molar-refractivity contribution is 0.502. The Morgan fingerprint density at radius 3 is 2.09 bits per heavy atom. The van der Waals surface area contributed by atoms with Crippen molar-refractivity contribution in [3.05, 3.63) is 34.9 Å². The Kier molecular flexibility index (Phi) is 11.8. The second-order valence-electron chi connectivity index (χ2n) is 6.60. The summed E-state index contributed by atoms with van der Waals surface area (Å²) in [7, 11) is 0. The molecule has 0 saturated carbocycles. The molecular formula is C20H33Cl2N. The molecule has 23 heavy (non-hydrogen) atoms. The van der Waals surface area contributed by atoms with Gasteiger partial charge < -0.3 is 5.73 Å². The van der Waals surface area contributed by atoms with E-state index in [2.05, 4.69) is 6.92 Å². The highest BCUT2D eigenvalue weighted by Crippen LogP contribution is 2.31. The van der Waals surface area contributed by atoms with Crippen LogP contribution < -0.4 is 5.73 Å². The van der Waals surface area contributed by atoms with E-state index < -0.39 is 0 Å². The molecule has 2 unspecified atom stereocenters. The van der Waals surface area contributed by atoms with E-state index in [1.54, 1.807) is 0 Å². The summed E-state index contributed by atoms with van der Waals surface area (Å²) >= 11 is 12.6. The molecule has 1 nitrogen and oxygen atoms in total. The molecule has 3 heteroatoms. The van der Waals surface area contributed by atoms with Gasteiger partial charge in [-0.25, -0.2) is 0 Å². The number of unbranched alkanes of at least 4 members (excludes halogenated alkanes) is 8. The lowest BCUT2D eigenvalue weighted by atomic mass is 9.99. The van der Waals surface area contributed by atoms with E-state index in [0.29, 0.717) is 0 Å². The number of hydrogen-bond acceptors (Lipinski definition) is 1. The van der Waals surface area contributed by atoms with E-state index >= 15 is 0 Å². The molecule has 1 aromatic rings. The maximum Gasteiger partial charge on any atom is 0.0614 e. The largest absolute Gasteiger partial charge is 0.328 e. The number of halogens is 2. The van der Waals surface area contributed by atoms with Gasteiger partial charge in [0.2, 0.25) is 0 Å². The number of nitrogens with two attached hydrogens (primary N) is 1. The van der Waals surface area contributed by atoms with Gasteiger partial charge in [0.25, 0.3) is 0 Å². The predicted molar refractivity (Wildman–Crippen MR) is 104 cm³/mol. The first-order valence-corrected chi connectivity index (χ1v) is 10.1. The third-order valence-electron chi connectivity index (χ3n) is 4.43. The maximum absolute atomic E-state index is 6.46. The highest BCUT2D eigenvalue weighted by atomic mass is 35.5. The molecule has 2 atom stereocenters.